The zero-order valence-electron chi connectivity index (χ0n) is 11.8. The predicted octanol–water partition coefficient (Wildman–Crippen LogP) is 2.50. The van der Waals surface area contributed by atoms with Gasteiger partial charge in [0.05, 0.1) is 5.56 Å². The van der Waals surface area contributed by atoms with Crippen LogP contribution in [0.1, 0.15) is 11.1 Å². The SMILES string of the molecule is O=C(O)[C@@H]1COC(c2ccccc2OCc2ccccc2)=N1. The normalized spacial score (nSPS) is 16.7. The lowest BCUT2D eigenvalue weighted by Crippen LogP contribution is -2.18. The highest BCUT2D eigenvalue weighted by Crippen LogP contribution is 2.23. The van der Waals surface area contributed by atoms with Gasteiger partial charge in [-0.1, -0.05) is 42.5 Å². The van der Waals surface area contributed by atoms with E-state index in [0.29, 0.717) is 23.8 Å². The van der Waals surface area contributed by atoms with Crippen LogP contribution in [0.4, 0.5) is 0 Å². The fraction of sp³-hybridized carbons (Fsp3) is 0.176. The van der Waals surface area contributed by atoms with Gasteiger partial charge < -0.3 is 14.6 Å². The van der Waals surface area contributed by atoms with E-state index in [0.717, 1.165) is 5.56 Å². The number of benzene rings is 2. The largest absolute Gasteiger partial charge is 0.488 e. The number of aliphatic imine (C=N–C) groups is 1. The molecule has 5 nitrogen and oxygen atoms in total. The molecule has 0 spiro atoms. The zero-order chi connectivity index (χ0) is 15.4. The van der Waals surface area contributed by atoms with E-state index in [9.17, 15) is 4.79 Å². The van der Waals surface area contributed by atoms with Gasteiger partial charge in [-0.15, -0.1) is 0 Å². The van der Waals surface area contributed by atoms with Gasteiger partial charge in [-0.3, -0.25) is 0 Å². The van der Waals surface area contributed by atoms with Gasteiger partial charge in [-0.05, 0) is 17.7 Å². The van der Waals surface area contributed by atoms with Gasteiger partial charge in [0, 0.05) is 0 Å². The van der Waals surface area contributed by atoms with E-state index in [1.54, 1.807) is 0 Å². The summed E-state index contributed by atoms with van der Waals surface area (Å²) >= 11 is 0. The van der Waals surface area contributed by atoms with E-state index >= 15 is 0 Å². The summed E-state index contributed by atoms with van der Waals surface area (Å²) in [5, 5.41) is 8.98. The third kappa shape index (κ3) is 3.09. The second-order valence-electron chi connectivity index (χ2n) is 4.87. The average Bonchev–Trinajstić information content (AvgIpc) is 3.04. The van der Waals surface area contributed by atoms with E-state index in [1.807, 2.05) is 54.6 Å². The molecule has 1 aliphatic rings. The van der Waals surface area contributed by atoms with E-state index in [1.165, 1.54) is 0 Å². The first-order chi connectivity index (χ1) is 10.7. The van der Waals surface area contributed by atoms with Crippen molar-refractivity contribution in [2.45, 2.75) is 12.6 Å². The van der Waals surface area contributed by atoms with Gasteiger partial charge in [0.25, 0.3) is 0 Å². The van der Waals surface area contributed by atoms with Gasteiger partial charge in [0.1, 0.15) is 19.0 Å². The van der Waals surface area contributed by atoms with E-state index in [-0.39, 0.29) is 6.61 Å². The molecule has 0 amide bonds. The molecule has 1 N–H and O–H groups in total. The summed E-state index contributed by atoms with van der Waals surface area (Å²) in [6.07, 6.45) is 0. The minimum absolute atomic E-state index is 0.0533. The molecule has 0 aliphatic carbocycles. The van der Waals surface area contributed by atoms with Crippen molar-refractivity contribution < 1.29 is 19.4 Å². The molecule has 1 atom stereocenters. The first-order valence-corrected chi connectivity index (χ1v) is 6.93. The maximum atomic E-state index is 11.0. The molecule has 0 unspecified atom stereocenters. The van der Waals surface area contributed by atoms with E-state index < -0.39 is 12.0 Å². The zero-order valence-corrected chi connectivity index (χ0v) is 11.8. The summed E-state index contributed by atoms with van der Waals surface area (Å²) in [5.74, 6) is -0.0510. The second kappa shape index (κ2) is 6.30. The maximum Gasteiger partial charge on any atom is 0.332 e. The molecular formula is C17H15NO4. The minimum atomic E-state index is -0.988. The first kappa shape index (κ1) is 14.1. The molecule has 3 rings (SSSR count). The summed E-state index contributed by atoms with van der Waals surface area (Å²) in [7, 11) is 0. The third-order valence-electron chi connectivity index (χ3n) is 3.29. The van der Waals surface area contributed by atoms with Crippen LogP contribution in [0.25, 0.3) is 0 Å². The maximum absolute atomic E-state index is 11.0. The van der Waals surface area contributed by atoms with Gasteiger partial charge in [-0.25, -0.2) is 9.79 Å². The smallest absolute Gasteiger partial charge is 0.332 e. The Kier molecular flexibility index (Phi) is 4.05. The van der Waals surface area contributed by atoms with Gasteiger partial charge in [-0.2, -0.15) is 0 Å². The van der Waals surface area contributed by atoms with Crippen molar-refractivity contribution in [3.8, 4) is 5.75 Å². The number of carbonyl (C=O) groups is 1. The quantitative estimate of drug-likeness (QED) is 0.920. The summed E-state index contributed by atoms with van der Waals surface area (Å²) in [6, 6.07) is 16.3. The Morgan fingerprint density at radius 3 is 2.64 bits per heavy atom. The molecule has 22 heavy (non-hydrogen) atoms. The Morgan fingerprint density at radius 2 is 1.91 bits per heavy atom. The van der Waals surface area contributed by atoms with Crippen molar-refractivity contribution in [2.24, 2.45) is 4.99 Å². The minimum Gasteiger partial charge on any atom is -0.488 e. The number of rotatable bonds is 5. The molecule has 2 aromatic carbocycles. The summed E-state index contributed by atoms with van der Waals surface area (Å²) in [4.78, 5) is 15.0. The number of carboxylic acid groups (broad SMARTS) is 1. The lowest BCUT2D eigenvalue weighted by Gasteiger charge is -2.11. The fourth-order valence-corrected chi connectivity index (χ4v) is 2.15. The molecule has 0 bridgehead atoms. The Labute approximate surface area is 127 Å². The summed E-state index contributed by atoms with van der Waals surface area (Å²) in [6.45, 7) is 0.477. The van der Waals surface area contributed by atoms with Crippen LogP contribution < -0.4 is 4.74 Å². The lowest BCUT2D eigenvalue weighted by molar-refractivity contribution is -0.138. The van der Waals surface area contributed by atoms with Crippen LogP contribution in [0.3, 0.4) is 0 Å². The molecule has 112 valence electrons. The van der Waals surface area contributed by atoms with Crippen LogP contribution in [0.5, 0.6) is 5.75 Å². The standard InChI is InChI=1S/C17H15NO4/c19-17(20)14-11-22-16(18-14)13-8-4-5-9-15(13)21-10-12-6-2-1-3-7-12/h1-9,14H,10-11H2,(H,19,20)/t14-/m0/s1. The number of hydrogen-bond donors (Lipinski definition) is 1. The highest BCUT2D eigenvalue weighted by atomic mass is 16.5. The topological polar surface area (TPSA) is 68.1 Å². The Bertz CT molecular complexity index is 697. The van der Waals surface area contributed by atoms with Crippen molar-refractivity contribution in [2.75, 3.05) is 6.61 Å². The number of carboxylic acids is 1. The molecule has 1 heterocycles. The van der Waals surface area contributed by atoms with Crippen LogP contribution >= 0.6 is 0 Å². The number of aliphatic carboxylic acids is 1. The number of para-hydroxylation sites is 1. The number of ether oxygens (including phenoxy) is 2. The molecule has 0 aromatic heterocycles. The van der Waals surface area contributed by atoms with Crippen LogP contribution in [0.2, 0.25) is 0 Å². The summed E-state index contributed by atoms with van der Waals surface area (Å²) in [5.41, 5.74) is 1.72. The number of nitrogens with zero attached hydrogens (tertiary/aromatic N) is 1. The van der Waals surface area contributed by atoms with Crippen LogP contribution in [-0.4, -0.2) is 29.6 Å². The van der Waals surface area contributed by atoms with Crippen molar-refractivity contribution >= 4 is 11.9 Å². The monoisotopic (exact) mass is 297 g/mol. The lowest BCUT2D eigenvalue weighted by atomic mass is 10.2. The van der Waals surface area contributed by atoms with Crippen molar-refractivity contribution in [3.63, 3.8) is 0 Å². The Hall–Kier alpha value is -2.82. The average molecular weight is 297 g/mol. The second-order valence-corrected chi connectivity index (χ2v) is 4.87. The van der Waals surface area contributed by atoms with Gasteiger partial charge in [0.2, 0.25) is 5.90 Å². The molecule has 1 aliphatic heterocycles. The molecule has 0 saturated heterocycles. The summed E-state index contributed by atoms with van der Waals surface area (Å²) < 4.78 is 11.2. The highest BCUT2D eigenvalue weighted by Gasteiger charge is 2.27. The van der Waals surface area contributed by atoms with Crippen LogP contribution in [0.15, 0.2) is 59.6 Å². The van der Waals surface area contributed by atoms with E-state index in [4.69, 9.17) is 14.6 Å². The van der Waals surface area contributed by atoms with Crippen molar-refractivity contribution in [3.05, 3.63) is 65.7 Å². The molecular weight excluding hydrogens is 282 g/mol. The highest BCUT2D eigenvalue weighted by molar-refractivity contribution is 5.99. The first-order valence-electron chi connectivity index (χ1n) is 6.93. The number of hydrogen-bond acceptors (Lipinski definition) is 4. The van der Waals surface area contributed by atoms with Gasteiger partial charge in [0.15, 0.2) is 6.04 Å². The molecule has 0 saturated carbocycles. The third-order valence-corrected chi connectivity index (χ3v) is 3.29. The van der Waals surface area contributed by atoms with Crippen molar-refractivity contribution in [1.29, 1.82) is 0 Å². The molecule has 2 aromatic rings. The van der Waals surface area contributed by atoms with Crippen molar-refractivity contribution in [1.82, 2.24) is 0 Å². The van der Waals surface area contributed by atoms with E-state index in [2.05, 4.69) is 4.99 Å². The molecule has 0 fully saturated rings. The Balaban J connectivity index is 1.79. The predicted molar refractivity (Wildman–Crippen MR) is 81.1 cm³/mol. The molecule has 0 radical (unpaired) electrons. The fourth-order valence-electron chi connectivity index (χ4n) is 2.15. The Morgan fingerprint density at radius 1 is 1.18 bits per heavy atom. The van der Waals surface area contributed by atoms with Gasteiger partial charge >= 0.3 is 5.97 Å². The molecule has 5 heteroatoms. The van der Waals surface area contributed by atoms with Crippen LogP contribution in [0, 0.1) is 0 Å². The van der Waals surface area contributed by atoms with Crippen LogP contribution in [-0.2, 0) is 16.1 Å².